The lowest BCUT2D eigenvalue weighted by Crippen LogP contribution is -2.24. The monoisotopic (exact) mass is 258 g/mol. The first-order chi connectivity index (χ1) is 9.19. The van der Waals surface area contributed by atoms with Gasteiger partial charge in [-0.15, -0.1) is 0 Å². The number of methoxy groups -OCH3 is 1. The molecule has 0 bridgehead atoms. The van der Waals surface area contributed by atoms with Crippen molar-refractivity contribution in [1.29, 1.82) is 0 Å². The molecule has 1 aromatic heterocycles. The van der Waals surface area contributed by atoms with E-state index >= 15 is 0 Å². The van der Waals surface area contributed by atoms with Gasteiger partial charge in [0.15, 0.2) is 0 Å². The van der Waals surface area contributed by atoms with E-state index in [1.54, 1.807) is 7.11 Å². The van der Waals surface area contributed by atoms with E-state index in [0.717, 1.165) is 11.3 Å². The van der Waals surface area contributed by atoms with Gasteiger partial charge in [-0.05, 0) is 17.7 Å². The molecule has 19 heavy (non-hydrogen) atoms. The van der Waals surface area contributed by atoms with Crippen molar-refractivity contribution < 1.29 is 9.53 Å². The fraction of sp³-hybridized carbons (Fsp3) is 0.154. The maximum atomic E-state index is 11.8. The molecule has 0 aliphatic heterocycles. The Bertz CT molecular complexity index is 586. The smallest absolute Gasteiger partial charge is 0.271 e. The van der Waals surface area contributed by atoms with Gasteiger partial charge in [0.25, 0.3) is 5.91 Å². The van der Waals surface area contributed by atoms with Crippen molar-refractivity contribution in [2.75, 3.05) is 12.8 Å². The number of amides is 1. The highest BCUT2D eigenvalue weighted by Crippen LogP contribution is 2.12. The highest BCUT2D eigenvalue weighted by atomic mass is 16.5. The van der Waals surface area contributed by atoms with Crippen LogP contribution in [0.15, 0.2) is 36.7 Å². The van der Waals surface area contributed by atoms with Crippen molar-refractivity contribution in [1.82, 2.24) is 15.3 Å². The fourth-order valence-electron chi connectivity index (χ4n) is 1.55. The summed E-state index contributed by atoms with van der Waals surface area (Å²) in [6.07, 6.45) is 2.76. The zero-order valence-corrected chi connectivity index (χ0v) is 10.5. The Kier molecular flexibility index (Phi) is 3.92. The third-order valence-electron chi connectivity index (χ3n) is 2.47. The van der Waals surface area contributed by atoms with Crippen LogP contribution in [-0.4, -0.2) is 23.0 Å². The number of aromatic nitrogens is 2. The lowest BCUT2D eigenvalue weighted by molar-refractivity contribution is 0.0945. The van der Waals surface area contributed by atoms with Crippen LogP contribution in [0.4, 0.5) is 5.82 Å². The van der Waals surface area contributed by atoms with Gasteiger partial charge in [-0.1, -0.05) is 12.1 Å². The summed E-state index contributed by atoms with van der Waals surface area (Å²) in [7, 11) is 1.60. The van der Waals surface area contributed by atoms with Crippen molar-refractivity contribution in [2.45, 2.75) is 6.54 Å². The Morgan fingerprint density at radius 1 is 1.42 bits per heavy atom. The molecular formula is C13H14N4O2. The largest absolute Gasteiger partial charge is 0.497 e. The zero-order valence-electron chi connectivity index (χ0n) is 10.5. The summed E-state index contributed by atoms with van der Waals surface area (Å²) in [6.45, 7) is 0.381. The first-order valence-corrected chi connectivity index (χ1v) is 5.67. The molecule has 3 N–H and O–H groups in total. The van der Waals surface area contributed by atoms with E-state index in [2.05, 4.69) is 15.3 Å². The molecule has 0 aliphatic rings. The molecule has 6 nitrogen and oxygen atoms in total. The predicted octanol–water partition coefficient (Wildman–Crippen LogP) is 0.997. The molecule has 2 aromatic rings. The second kappa shape index (κ2) is 5.81. The van der Waals surface area contributed by atoms with Crippen molar-refractivity contribution in [3.8, 4) is 5.75 Å². The van der Waals surface area contributed by atoms with Gasteiger partial charge in [-0.3, -0.25) is 9.78 Å². The van der Waals surface area contributed by atoms with Crippen LogP contribution < -0.4 is 15.8 Å². The second-order valence-corrected chi connectivity index (χ2v) is 3.86. The van der Waals surface area contributed by atoms with E-state index in [1.807, 2.05) is 24.3 Å². The molecule has 98 valence electrons. The normalized spacial score (nSPS) is 9.95. The summed E-state index contributed by atoms with van der Waals surface area (Å²) in [5.74, 6) is 0.646. The molecule has 0 saturated carbocycles. The molecule has 0 fully saturated rings. The van der Waals surface area contributed by atoms with Gasteiger partial charge >= 0.3 is 0 Å². The van der Waals surface area contributed by atoms with Gasteiger partial charge in [-0.25, -0.2) is 4.98 Å². The minimum atomic E-state index is -0.317. The van der Waals surface area contributed by atoms with Crippen molar-refractivity contribution in [3.63, 3.8) is 0 Å². The average Bonchev–Trinajstić information content (AvgIpc) is 2.45. The number of carbonyl (C=O) groups is 1. The molecule has 0 atom stereocenters. The van der Waals surface area contributed by atoms with Crippen LogP contribution in [-0.2, 0) is 6.54 Å². The van der Waals surface area contributed by atoms with E-state index in [-0.39, 0.29) is 17.4 Å². The highest BCUT2D eigenvalue weighted by molar-refractivity contribution is 5.92. The highest BCUT2D eigenvalue weighted by Gasteiger charge is 2.07. The molecule has 2 rings (SSSR count). The van der Waals surface area contributed by atoms with E-state index in [0.29, 0.717) is 6.54 Å². The maximum absolute atomic E-state index is 11.8. The zero-order chi connectivity index (χ0) is 13.7. The Balaban J connectivity index is 2.00. The maximum Gasteiger partial charge on any atom is 0.271 e. The summed E-state index contributed by atoms with van der Waals surface area (Å²) in [6, 6.07) is 7.45. The molecule has 0 saturated heterocycles. The van der Waals surface area contributed by atoms with E-state index in [9.17, 15) is 4.79 Å². The van der Waals surface area contributed by atoms with Gasteiger partial charge in [0.1, 0.15) is 17.3 Å². The summed E-state index contributed by atoms with van der Waals surface area (Å²) < 4.78 is 5.11. The Morgan fingerprint density at radius 3 is 3.00 bits per heavy atom. The molecule has 0 unspecified atom stereocenters. The summed E-state index contributed by atoms with van der Waals surface area (Å²) in [5, 5.41) is 2.74. The quantitative estimate of drug-likeness (QED) is 0.853. The Labute approximate surface area is 110 Å². The van der Waals surface area contributed by atoms with Gasteiger partial charge in [0, 0.05) is 6.54 Å². The van der Waals surface area contributed by atoms with Gasteiger partial charge in [0.2, 0.25) is 0 Å². The molecule has 1 heterocycles. The number of ether oxygens (including phenoxy) is 1. The molecule has 0 spiro atoms. The predicted molar refractivity (Wildman–Crippen MR) is 70.6 cm³/mol. The molecule has 0 radical (unpaired) electrons. The average molecular weight is 258 g/mol. The summed E-state index contributed by atoms with van der Waals surface area (Å²) in [4.78, 5) is 19.5. The topological polar surface area (TPSA) is 90.1 Å². The molecule has 1 amide bonds. The third kappa shape index (κ3) is 3.41. The first-order valence-electron chi connectivity index (χ1n) is 5.67. The van der Waals surface area contributed by atoms with Crippen LogP contribution in [0.25, 0.3) is 0 Å². The lowest BCUT2D eigenvalue weighted by Gasteiger charge is -2.06. The van der Waals surface area contributed by atoms with E-state index in [4.69, 9.17) is 10.5 Å². The molecule has 1 aromatic carbocycles. The van der Waals surface area contributed by atoms with Gasteiger partial charge in [-0.2, -0.15) is 0 Å². The van der Waals surface area contributed by atoms with Crippen molar-refractivity contribution >= 4 is 11.7 Å². The van der Waals surface area contributed by atoms with Crippen LogP contribution in [0.2, 0.25) is 0 Å². The lowest BCUT2D eigenvalue weighted by atomic mass is 10.2. The number of nitrogens with one attached hydrogen (secondary N) is 1. The van der Waals surface area contributed by atoms with Crippen LogP contribution in [0.1, 0.15) is 16.1 Å². The molecular weight excluding hydrogens is 244 g/mol. The number of nitrogens with zero attached hydrogens (tertiary/aromatic N) is 2. The van der Waals surface area contributed by atoms with Crippen LogP contribution in [0.3, 0.4) is 0 Å². The minimum Gasteiger partial charge on any atom is -0.497 e. The van der Waals surface area contributed by atoms with E-state index < -0.39 is 0 Å². The fourth-order valence-corrected chi connectivity index (χ4v) is 1.55. The number of nitrogens with two attached hydrogens (primary N) is 1. The molecule has 6 heteroatoms. The third-order valence-corrected chi connectivity index (χ3v) is 2.47. The van der Waals surface area contributed by atoms with Crippen molar-refractivity contribution in [3.05, 3.63) is 47.9 Å². The summed E-state index contributed by atoms with van der Waals surface area (Å²) >= 11 is 0. The standard InChI is InChI=1S/C13H14N4O2/c1-19-10-4-2-3-9(5-10)6-16-13(18)11-7-15-8-12(14)17-11/h2-5,7-8H,6H2,1H3,(H2,14,17)(H,16,18). The van der Waals surface area contributed by atoms with Crippen LogP contribution >= 0.6 is 0 Å². The number of carbonyl (C=O) groups excluding carboxylic acids is 1. The SMILES string of the molecule is COc1cccc(CNC(=O)c2cncc(N)n2)c1. The Hall–Kier alpha value is -2.63. The number of benzene rings is 1. The van der Waals surface area contributed by atoms with Crippen LogP contribution in [0, 0.1) is 0 Å². The number of hydrogen-bond acceptors (Lipinski definition) is 5. The minimum absolute atomic E-state index is 0.197. The van der Waals surface area contributed by atoms with Crippen LogP contribution in [0.5, 0.6) is 5.75 Å². The number of nitrogen functional groups attached to an aromatic ring is 1. The van der Waals surface area contributed by atoms with Gasteiger partial charge in [0.05, 0.1) is 19.5 Å². The number of anilines is 1. The Morgan fingerprint density at radius 2 is 2.26 bits per heavy atom. The number of hydrogen-bond donors (Lipinski definition) is 2. The van der Waals surface area contributed by atoms with Crippen molar-refractivity contribution in [2.24, 2.45) is 0 Å². The van der Waals surface area contributed by atoms with Gasteiger partial charge < -0.3 is 15.8 Å². The second-order valence-electron chi connectivity index (χ2n) is 3.86. The first kappa shape index (κ1) is 12.8. The summed E-state index contributed by atoms with van der Waals surface area (Å²) in [5.41, 5.74) is 6.60. The van der Waals surface area contributed by atoms with E-state index in [1.165, 1.54) is 12.4 Å². The number of rotatable bonds is 4. The molecule has 0 aliphatic carbocycles.